The number of ketones is 1. The van der Waals surface area contributed by atoms with Crippen LogP contribution in [0.1, 0.15) is 46.5 Å². The average molecular weight is 388 g/mol. The Morgan fingerprint density at radius 1 is 1.19 bits per heavy atom. The molecule has 3 rings (SSSR count). The largest absolute Gasteiger partial charge is 0.394 e. The van der Waals surface area contributed by atoms with E-state index in [0.717, 1.165) is 6.42 Å². The number of ether oxygens (including phenoxy) is 3. The lowest BCUT2D eigenvalue weighted by atomic mass is 9.61. The van der Waals surface area contributed by atoms with E-state index in [-0.39, 0.29) is 23.2 Å². The van der Waals surface area contributed by atoms with Crippen LogP contribution in [0.4, 0.5) is 0 Å². The van der Waals surface area contributed by atoms with Crippen molar-refractivity contribution in [2.24, 2.45) is 11.3 Å². The van der Waals surface area contributed by atoms with Crippen molar-refractivity contribution in [1.29, 1.82) is 0 Å². The average Bonchev–Trinajstić information content (AvgIpc) is 2.75. The van der Waals surface area contributed by atoms with Crippen molar-refractivity contribution in [3.8, 4) is 0 Å². The Labute approximate surface area is 159 Å². The van der Waals surface area contributed by atoms with Gasteiger partial charge in [0.2, 0.25) is 0 Å². The highest BCUT2D eigenvalue weighted by atomic mass is 16.7. The van der Waals surface area contributed by atoms with Crippen LogP contribution in [0.5, 0.6) is 0 Å². The van der Waals surface area contributed by atoms with E-state index in [2.05, 4.69) is 6.92 Å². The number of aliphatic hydroxyl groups is 4. The highest BCUT2D eigenvalue weighted by molar-refractivity contribution is 5.81. The van der Waals surface area contributed by atoms with Gasteiger partial charge in [-0.15, -0.1) is 0 Å². The van der Waals surface area contributed by atoms with Crippen molar-refractivity contribution in [2.75, 3.05) is 13.2 Å². The van der Waals surface area contributed by atoms with E-state index >= 15 is 0 Å². The third kappa shape index (κ3) is 3.94. The van der Waals surface area contributed by atoms with Crippen LogP contribution in [0, 0.1) is 11.3 Å². The molecule has 0 radical (unpaired) electrons. The van der Waals surface area contributed by atoms with Crippen LogP contribution in [-0.2, 0) is 19.0 Å². The van der Waals surface area contributed by atoms with Crippen LogP contribution >= 0.6 is 0 Å². The van der Waals surface area contributed by atoms with Crippen molar-refractivity contribution in [3.05, 3.63) is 0 Å². The van der Waals surface area contributed by atoms with Gasteiger partial charge in [0, 0.05) is 18.3 Å². The maximum atomic E-state index is 12.0. The first-order valence-electron chi connectivity index (χ1n) is 9.71. The Balaban J connectivity index is 1.57. The minimum Gasteiger partial charge on any atom is -0.394 e. The molecule has 2 heterocycles. The number of hydrogen-bond acceptors (Lipinski definition) is 8. The number of rotatable bonds is 6. The number of carbonyl (C=O) groups is 1. The molecule has 0 aromatic heterocycles. The molecule has 8 heteroatoms. The predicted octanol–water partition coefficient (Wildman–Crippen LogP) is -0.254. The van der Waals surface area contributed by atoms with E-state index in [1.807, 2.05) is 13.8 Å². The molecule has 4 N–H and O–H groups in total. The third-order valence-corrected chi connectivity index (χ3v) is 6.54. The summed E-state index contributed by atoms with van der Waals surface area (Å²) in [6.45, 7) is 6.06. The van der Waals surface area contributed by atoms with Crippen molar-refractivity contribution >= 4 is 5.78 Å². The summed E-state index contributed by atoms with van der Waals surface area (Å²) in [6, 6.07) is 0. The van der Waals surface area contributed by atoms with Gasteiger partial charge < -0.3 is 34.6 Å². The van der Waals surface area contributed by atoms with Gasteiger partial charge in [-0.25, -0.2) is 0 Å². The maximum absolute atomic E-state index is 12.0. The summed E-state index contributed by atoms with van der Waals surface area (Å²) in [5, 5.41) is 39.1. The standard InChI is InChI=1S/C19H32O8/c1-10(26-17-16(24)15(23)14(22)12(8-20)27-17)4-5-13-18(2)6-11(21)7-19(13,3)25-9-18/h10,12-17,20,22-24H,4-9H2,1-3H3. The topological polar surface area (TPSA) is 126 Å². The predicted molar refractivity (Wildman–Crippen MR) is 93.7 cm³/mol. The van der Waals surface area contributed by atoms with Crippen LogP contribution in [0.15, 0.2) is 0 Å². The lowest BCUT2D eigenvalue weighted by molar-refractivity contribution is -0.310. The summed E-state index contributed by atoms with van der Waals surface area (Å²) in [5.74, 6) is 0.489. The number of fused-ring (bicyclic) bond motifs is 2. The van der Waals surface area contributed by atoms with Crippen LogP contribution in [0.25, 0.3) is 0 Å². The fourth-order valence-corrected chi connectivity index (χ4v) is 5.05. The number of Topliss-reactive ketones (excluding diaryl/α,β-unsaturated/α-hetero) is 1. The minimum absolute atomic E-state index is 0.160. The fraction of sp³-hybridized carbons (Fsp3) is 0.947. The van der Waals surface area contributed by atoms with E-state index in [1.54, 1.807) is 0 Å². The Kier molecular flexibility index (Phi) is 5.99. The normalized spacial score (nSPS) is 48.6. The molecule has 1 aliphatic carbocycles. The Morgan fingerprint density at radius 2 is 1.89 bits per heavy atom. The first-order chi connectivity index (χ1) is 12.6. The molecule has 0 aromatic carbocycles. The molecule has 9 atom stereocenters. The molecule has 1 saturated carbocycles. The molecule has 0 amide bonds. The molecule has 2 aliphatic heterocycles. The molecule has 0 spiro atoms. The molecule has 3 aliphatic rings. The summed E-state index contributed by atoms with van der Waals surface area (Å²) >= 11 is 0. The van der Waals surface area contributed by atoms with Crippen LogP contribution < -0.4 is 0 Å². The molecule has 9 unspecified atom stereocenters. The Morgan fingerprint density at radius 3 is 2.52 bits per heavy atom. The van der Waals surface area contributed by atoms with Crippen LogP contribution in [-0.4, -0.2) is 81.8 Å². The maximum Gasteiger partial charge on any atom is 0.186 e. The third-order valence-electron chi connectivity index (χ3n) is 6.54. The zero-order valence-corrected chi connectivity index (χ0v) is 16.2. The van der Waals surface area contributed by atoms with Crippen molar-refractivity contribution < 1.29 is 39.4 Å². The van der Waals surface area contributed by atoms with Gasteiger partial charge in [-0.3, -0.25) is 4.79 Å². The van der Waals surface area contributed by atoms with Crippen molar-refractivity contribution in [3.63, 3.8) is 0 Å². The van der Waals surface area contributed by atoms with Crippen LogP contribution in [0.2, 0.25) is 0 Å². The van der Waals surface area contributed by atoms with E-state index in [1.165, 1.54) is 0 Å². The second-order valence-electron chi connectivity index (χ2n) is 8.92. The van der Waals surface area contributed by atoms with E-state index in [9.17, 15) is 25.2 Å². The Hall–Kier alpha value is -0.610. The zero-order valence-electron chi connectivity index (χ0n) is 16.2. The summed E-state index contributed by atoms with van der Waals surface area (Å²) in [6.07, 6.45) is -4.17. The zero-order chi connectivity index (χ0) is 20.0. The number of hydrogen-bond donors (Lipinski definition) is 4. The molecule has 2 saturated heterocycles. The first kappa shape index (κ1) is 21.1. The fourth-order valence-electron chi connectivity index (χ4n) is 5.05. The minimum atomic E-state index is -1.44. The highest BCUT2D eigenvalue weighted by Crippen LogP contribution is 2.54. The first-order valence-corrected chi connectivity index (χ1v) is 9.71. The summed E-state index contributed by atoms with van der Waals surface area (Å²) in [5.41, 5.74) is -0.597. The molecule has 8 nitrogen and oxygen atoms in total. The molecule has 0 aromatic rings. The number of carbonyl (C=O) groups excluding carboxylic acids is 1. The molecular weight excluding hydrogens is 356 g/mol. The van der Waals surface area contributed by atoms with Gasteiger partial charge in [-0.2, -0.15) is 0 Å². The van der Waals surface area contributed by atoms with Gasteiger partial charge >= 0.3 is 0 Å². The smallest absolute Gasteiger partial charge is 0.186 e. The van der Waals surface area contributed by atoms with E-state index < -0.39 is 42.9 Å². The summed E-state index contributed by atoms with van der Waals surface area (Å²) < 4.78 is 17.2. The Bertz CT molecular complexity index is 532. The van der Waals surface area contributed by atoms with E-state index in [4.69, 9.17) is 14.2 Å². The molecule has 27 heavy (non-hydrogen) atoms. The lowest BCUT2D eigenvalue weighted by Gasteiger charge is -2.42. The second kappa shape index (κ2) is 7.67. The van der Waals surface area contributed by atoms with Crippen molar-refractivity contribution in [2.45, 2.75) is 88.9 Å². The SMILES string of the molecule is CC(CCC1C2(C)COC1(C)CC(=O)C2)OC1OC(CO)C(O)C(O)C1O. The van der Waals surface area contributed by atoms with Crippen molar-refractivity contribution in [1.82, 2.24) is 0 Å². The summed E-state index contributed by atoms with van der Waals surface area (Å²) in [4.78, 5) is 12.0. The quantitative estimate of drug-likeness (QED) is 0.491. The lowest BCUT2D eigenvalue weighted by Crippen LogP contribution is -2.59. The van der Waals surface area contributed by atoms with Gasteiger partial charge in [-0.05, 0) is 32.6 Å². The van der Waals surface area contributed by atoms with Crippen LogP contribution in [0.3, 0.4) is 0 Å². The number of aliphatic hydroxyl groups excluding tert-OH is 4. The monoisotopic (exact) mass is 388 g/mol. The van der Waals surface area contributed by atoms with Gasteiger partial charge in [0.1, 0.15) is 30.2 Å². The highest BCUT2D eigenvalue weighted by Gasteiger charge is 2.58. The molecule has 2 bridgehead atoms. The van der Waals surface area contributed by atoms with Gasteiger partial charge in [0.25, 0.3) is 0 Å². The van der Waals surface area contributed by atoms with Gasteiger partial charge in [0.15, 0.2) is 6.29 Å². The summed E-state index contributed by atoms with van der Waals surface area (Å²) in [7, 11) is 0. The molecule has 156 valence electrons. The van der Waals surface area contributed by atoms with Gasteiger partial charge in [-0.1, -0.05) is 6.92 Å². The molecular formula is C19H32O8. The van der Waals surface area contributed by atoms with E-state index in [0.29, 0.717) is 25.9 Å². The van der Waals surface area contributed by atoms with Gasteiger partial charge in [0.05, 0.1) is 24.9 Å². The molecule has 3 fully saturated rings. The second-order valence-corrected chi connectivity index (χ2v) is 8.92.